The van der Waals surface area contributed by atoms with E-state index in [2.05, 4.69) is 5.32 Å². The van der Waals surface area contributed by atoms with E-state index in [9.17, 15) is 68.4 Å². The monoisotopic (exact) mass is 1160 g/mol. The highest BCUT2D eigenvalue weighted by Gasteiger charge is 2.35. The number of nitrogens with two attached hydrogens (primary N) is 1. The van der Waals surface area contributed by atoms with E-state index < -0.39 is 142 Å². The number of nitrogens with zero attached hydrogens (tertiary/aromatic N) is 9. The second kappa shape index (κ2) is 38.3. The molecule has 0 aromatic heterocycles. The van der Waals surface area contributed by atoms with Gasteiger partial charge in [0.15, 0.2) is 0 Å². The highest BCUT2D eigenvalue weighted by molar-refractivity contribution is 5.94. The van der Waals surface area contributed by atoms with Crippen LogP contribution in [0.25, 0.3) is 0 Å². The maximum atomic E-state index is 14.5. The smallest absolute Gasteiger partial charge is 0.242 e. The van der Waals surface area contributed by atoms with Crippen LogP contribution in [-0.2, 0) is 47.9 Å². The first-order chi connectivity index (χ1) is 37.7. The summed E-state index contributed by atoms with van der Waals surface area (Å²) >= 11 is 0. The normalized spacial score (nSPS) is 15.0. The molecule has 0 aromatic rings. The zero-order valence-corrected chi connectivity index (χ0v) is 51.9. The van der Waals surface area contributed by atoms with Crippen LogP contribution in [0.4, 0.5) is 0 Å². The Hall–Kier alpha value is -5.50. The van der Waals surface area contributed by atoms with Crippen LogP contribution >= 0.6 is 0 Å². The number of carbonyl (C=O) groups excluding carboxylic acids is 10. The molecule has 0 aliphatic rings. The largest absolute Gasteiger partial charge is 0.392 e. The van der Waals surface area contributed by atoms with Crippen LogP contribution in [0.5, 0.6) is 0 Å². The minimum Gasteiger partial charge on any atom is -0.392 e. The Bertz CT molecular complexity index is 2010. The Labute approximate surface area is 482 Å². The summed E-state index contributed by atoms with van der Waals surface area (Å²) < 4.78 is 0. The molecule has 0 unspecified atom stereocenters. The molecule has 468 valence electrons. The number of amides is 10. The van der Waals surface area contributed by atoms with Gasteiger partial charge in [-0.25, -0.2) is 0 Å². The predicted octanol–water partition coefficient (Wildman–Crippen LogP) is -0.167. The quantitative estimate of drug-likeness (QED) is 0.0464. The highest BCUT2D eigenvalue weighted by atomic mass is 16.3. The SMILES string of the molecule is CC[C@@H](C)NCC(=O)N(CC(=O)N(CC(=O)N(CC(=O)N(CC(=O)N(CC(=O)N(CC(=O)N(CC(=O)N(CC(=O)N(CC(N)=O)[C@H](C)CC)[C@H](C)CC)C[C@@H](C)O)C[C@H](C)O)[C@H](C)CC)[C@H](C)CC)C[C@@H](C)O)C[C@H](C)O)[C@H](C)CC. The van der Waals surface area contributed by atoms with Crippen molar-refractivity contribution < 1.29 is 68.4 Å². The summed E-state index contributed by atoms with van der Waals surface area (Å²) in [5, 5.41) is 45.2. The van der Waals surface area contributed by atoms with Crippen LogP contribution in [0, 0.1) is 0 Å². The molecule has 0 saturated heterocycles. The molecule has 7 N–H and O–H groups in total. The molecule has 0 bridgehead atoms. The molecule has 10 amide bonds. The fourth-order valence-corrected chi connectivity index (χ4v) is 8.52. The number of primary amides is 1. The molecule has 0 radical (unpaired) electrons. The minimum atomic E-state index is -1.17. The fraction of sp³-hybridized carbons (Fsp3) is 0.821. The summed E-state index contributed by atoms with van der Waals surface area (Å²) in [6, 6.07) is -2.37. The van der Waals surface area contributed by atoms with Gasteiger partial charge >= 0.3 is 0 Å². The number of rotatable bonds is 40. The number of aliphatic hydroxyl groups excluding tert-OH is 4. The van der Waals surface area contributed by atoms with Crippen molar-refractivity contribution >= 4 is 59.1 Å². The van der Waals surface area contributed by atoms with Crippen molar-refractivity contribution in [3.05, 3.63) is 0 Å². The standard InChI is InChI=1S/C56H105N11O14/c1-17-37(7)58-23-48(73)64(39(9)19-3)33-51(76)59(24-43(13)68)29-49(74)62(27-46(16)71)32-54(79)67(42(12)22-6)36-56(81)65(40(10)20-4)34-52(77)60(25-44(14)69)30-50(75)61(26-45(15)70)31-53(78)66(41(11)21-5)35-55(80)63(28-47(57)72)38(8)18-2/h37-46,58,68-71H,17-36H2,1-16H3,(H2,57,72)/t37-,38-,39-,40-,41-,42-,43+,44+,45-,46-/m1/s1. The fourth-order valence-electron chi connectivity index (χ4n) is 8.52. The summed E-state index contributed by atoms with van der Waals surface area (Å²) in [7, 11) is 0. The lowest BCUT2D eigenvalue weighted by atomic mass is 10.1. The molecule has 25 nitrogen and oxygen atoms in total. The van der Waals surface area contributed by atoms with Crippen LogP contribution in [0.2, 0.25) is 0 Å². The summed E-state index contributed by atoms with van der Waals surface area (Å²) in [5.74, 6) is -6.53. The molecule has 81 heavy (non-hydrogen) atoms. The lowest BCUT2D eigenvalue weighted by Gasteiger charge is -2.36. The first kappa shape index (κ1) is 75.5. The number of carbonyl (C=O) groups is 10. The second-order valence-electron chi connectivity index (χ2n) is 22.0. The Morgan fingerprint density at radius 1 is 0.321 bits per heavy atom. The average molecular weight is 1160 g/mol. The van der Waals surface area contributed by atoms with Gasteiger partial charge in [-0.1, -0.05) is 41.5 Å². The first-order valence-corrected chi connectivity index (χ1v) is 29.1. The maximum absolute atomic E-state index is 14.5. The first-order valence-electron chi connectivity index (χ1n) is 29.1. The zero-order valence-electron chi connectivity index (χ0n) is 51.9. The van der Waals surface area contributed by atoms with Crippen molar-refractivity contribution in [2.45, 2.75) is 210 Å². The highest BCUT2D eigenvalue weighted by Crippen LogP contribution is 2.15. The van der Waals surface area contributed by atoms with Crippen LogP contribution in [0.1, 0.15) is 149 Å². The van der Waals surface area contributed by atoms with Crippen molar-refractivity contribution in [2.24, 2.45) is 5.73 Å². The minimum absolute atomic E-state index is 0.0168. The van der Waals surface area contributed by atoms with Gasteiger partial charge in [-0.15, -0.1) is 0 Å². The third kappa shape index (κ3) is 27.4. The van der Waals surface area contributed by atoms with Gasteiger partial charge in [0.25, 0.3) is 0 Å². The topological polar surface area (TPSA) is 319 Å². The number of aliphatic hydroxyl groups is 4. The molecule has 0 fully saturated rings. The van der Waals surface area contributed by atoms with Crippen molar-refractivity contribution in [3.8, 4) is 0 Å². The molecule has 0 aliphatic carbocycles. The predicted molar refractivity (Wildman–Crippen MR) is 307 cm³/mol. The van der Waals surface area contributed by atoms with E-state index in [0.29, 0.717) is 32.1 Å². The van der Waals surface area contributed by atoms with Gasteiger partial charge in [0, 0.05) is 62.4 Å². The van der Waals surface area contributed by atoms with Crippen molar-refractivity contribution in [2.75, 3.05) is 91.6 Å². The molecule has 25 heteroatoms. The van der Waals surface area contributed by atoms with Gasteiger partial charge in [-0.05, 0) is 108 Å². The van der Waals surface area contributed by atoms with Crippen LogP contribution in [-0.4, -0.2) is 276 Å². The molecule has 0 saturated carbocycles. The summed E-state index contributed by atoms with van der Waals surface area (Å²) in [6.07, 6.45) is -1.60. The van der Waals surface area contributed by atoms with Crippen molar-refractivity contribution in [3.63, 3.8) is 0 Å². The Kier molecular flexibility index (Phi) is 35.7. The average Bonchev–Trinajstić information content (AvgIpc) is 3.39. The van der Waals surface area contributed by atoms with Crippen LogP contribution < -0.4 is 11.1 Å². The molecular weight excluding hydrogens is 1050 g/mol. The molecule has 0 rings (SSSR count). The number of nitrogens with one attached hydrogen (secondary N) is 1. The lowest BCUT2D eigenvalue weighted by molar-refractivity contribution is -0.152. The number of hydrogen-bond donors (Lipinski definition) is 6. The molecule has 0 aliphatic heterocycles. The van der Waals surface area contributed by atoms with Gasteiger partial charge in [-0.2, -0.15) is 0 Å². The van der Waals surface area contributed by atoms with Crippen LogP contribution in [0.15, 0.2) is 0 Å². The van der Waals surface area contributed by atoms with E-state index >= 15 is 0 Å². The van der Waals surface area contributed by atoms with Crippen molar-refractivity contribution in [1.82, 2.24) is 49.4 Å². The van der Waals surface area contributed by atoms with E-state index in [-0.39, 0.29) is 69.8 Å². The van der Waals surface area contributed by atoms with Gasteiger partial charge < -0.3 is 75.6 Å². The Balaban J connectivity index is 6.88. The van der Waals surface area contributed by atoms with E-state index in [1.54, 1.807) is 55.4 Å². The maximum Gasteiger partial charge on any atom is 0.242 e. The second-order valence-corrected chi connectivity index (χ2v) is 22.0. The van der Waals surface area contributed by atoms with Crippen LogP contribution in [0.3, 0.4) is 0 Å². The van der Waals surface area contributed by atoms with E-state index in [1.165, 1.54) is 52.2 Å². The molecule has 0 aromatic carbocycles. The molecule has 0 heterocycles. The molecule has 0 spiro atoms. The van der Waals surface area contributed by atoms with Gasteiger partial charge in [-0.3, -0.25) is 47.9 Å². The van der Waals surface area contributed by atoms with E-state index in [1.807, 2.05) is 27.7 Å². The zero-order chi connectivity index (χ0) is 62.6. The lowest BCUT2D eigenvalue weighted by Crippen LogP contribution is -2.56. The van der Waals surface area contributed by atoms with Gasteiger partial charge in [0.2, 0.25) is 59.1 Å². The van der Waals surface area contributed by atoms with Gasteiger partial charge in [0.1, 0.15) is 26.2 Å². The molecule has 10 atom stereocenters. The van der Waals surface area contributed by atoms with E-state index in [4.69, 9.17) is 5.73 Å². The number of hydrogen-bond acceptors (Lipinski definition) is 15. The van der Waals surface area contributed by atoms with Crippen molar-refractivity contribution in [1.29, 1.82) is 0 Å². The van der Waals surface area contributed by atoms with E-state index in [0.717, 1.165) is 26.0 Å². The van der Waals surface area contributed by atoms with Gasteiger partial charge in [0.05, 0.1) is 63.7 Å². The molecular formula is C56H105N11O14. The third-order valence-electron chi connectivity index (χ3n) is 14.6. The third-order valence-corrected chi connectivity index (χ3v) is 14.6. The summed E-state index contributed by atoms with van der Waals surface area (Å²) in [6.45, 7) is 21.0. The summed E-state index contributed by atoms with van der Waals surface area (Å²) in [4.78, 5) is 149. The Morgan fingerprint density at radius 3 is 0.765 bits per heavy atom. The summed E-state index contributed by atoms with van der Waals surface area (Å²) in [5.41, 5.74) is 5.44. The Morgan fingerprint density at radius 2 is 0.531 bits per heavy atom.